The van der Waals surface area contributed by atoms with Gasteiger partial charge in [0.05, 0.1) is 13.2 Å². The van der Waals surface area contributed by atoms with Crippen molar-refractivity contribution in [2.45, 2.75) is 134 Å². The molecule has 1 saturated heterocycles. The predicted octanol–water partition coefficient (Wildman–Crippen LogP) is 5.30. The van der Waals surface area contributed by atoms with Crippen LogP contribution in [0.25, 0.3) is 0 Å². The van der Waals surface area contributed by atoms with E-state index in [0.29, 0.717) is 6.61 Å². The van der Waals surface area contributed by atoms with Gasteiger partial charge in [0, 0.05) is 6.61 Å². The van der Waals surface area contributed by atoms with Gasteiger partial charge < -0.3 is 24.8 Å². The van der Waals surface area contributed by atoms with Crippen LogP contribution in [0.3, 0.4) is 0 Å². The number of hydrogen-bond acceptors (Lipinski definition) is 5. The minimum absolute atomic E-state index is 0.0893. The highest BCUT2D eigenvalue weighted by Crippen LogP contribution is 2.19. The van der Waals surface area contributed by atoms with E-state index in [2.05, 4.69) is 19.1 Å². The van der Waals surface area contributed by atoms with Crippen LogP contribution in [0.5, 0.6) is 0 Å². The second-order valence-corrected chi connectivity index (χ2v) is 9.09. The normalized spacial score (nSPS) is 24.3. The van der Waals surface area contributed by atoms with Gasteiger partial charge in [-0.05, 0) is 25.7 Å². The Bertz CT molecular complexity index is 415. The van der Waals surface area contributed by atoms with Crippen molar-refractivity contribution in [3.05, 3.63) is 12.2 Å². The molecule has 0 aromatic heterocycles. The predicted molar refractivity (Wildman–Crippen MR) is 127 cm³/mol. The van der Waals surface area contributed by atoms with Gasteiger partial charge in [-0.2, -0.15) is 0 Å². The van der Waals surface area contributed by atoms with Crippen molar-refractivity contribution < 1.29 is 24.8 Å². The summed E-state index contributed by atoms with van der Waals surface area (Å²) in [6, 6.07) is 0. The molecule has 0 spiro atoms. The number of aliphatic hydroxyl groups is 3. The quantitative estimate of drug-likeness (QED) is 0.176. The molecule has 1 aliphatic rings. The van der Waals surface area contributed by atoms with Gasteiger partial charge in [0.15, 0.2) is 0 Å². The Hall–Kier alpha value is -0.460. The van der Waals surface area contributed by atoms with Crippen molar-refractivity contribution in [3.8, 4) is 0 Å². The molecule has 3 N–H and O–H groups in total. The highest BCUT2D eigenvalue weighted by molar-refractivity contribution is 4.88. The highest BCUT2D eigenvalue weighted by Gasteiger charge is 2.38. The minimum Gasteiger partial charge on any atom is -0.394 e. The molecule has 1 heterocycles. The first-order valence-electron chi connectivity index (χ1n) is 13.1. The van der Waals surface area contributed by atoms with Crippen LogP contribution in [0.15, 0.2) is 12.2 Å². The van der Waals surface area contributed by atoms with Crippen molar-refractivity contribution in [1.82, 2.24) is 0 Å². The highest BCUT2D eigenvalue weighted by atomic mass is 16.6. The summed E-state index contributed by atoms with van der Waals surface area (Å²) in [6.45, 7) is 2.58. The second-order valence-electron chi connectivity index (χ2n) is 9.09. The second kappa shape index (κ2) is 20.2. The number of unbranched alkanes of at least 4 members (excludes halogenated alkanes) is 14. The van der Waals surface area contributed by atoms with Gasteiger partial charge in [0.25, 0.3) is 0 Å². The molecule has 0 saturated carbocycles. The van der Waals surface area contributed by atoms with Crippen molar-refractivity contribution in [3.63, 3.8) is 0 Å². The van der Waals surface area contributed by atoms with Gasteiger partial charge in [-0.3, -0.25) is 0 Å². The molecule has 0 radical (unpaired) electrons. The molecule has 0 aromatic carbocycles. The fourth-order valence-electron chi connectivity index (χ4n) is 4.16. The van der Waals surface area contributed by atoms with Gasteiger partial charge in [-0.25, -0.2) is 0 Å². The summed E-state index contributed by atoms with van der Waals surface area (Å²) in [6.07, 6.45) is 22.3. The summed E-state index contributed by atoms with van der Waals surface area (Å²) in [5.74, 6) is 0. The first kappa shape index (κ1) is 28.6. The zero-order chi connectivity index (χ0) is 22.6. The minimum atomic E-state index is -0.986. The Kier molecular flexibility index (Phi) is 18.6. The van der Waals surface area contributed by atoms with Crippen LogP contribution in [-0.2, 0) is 9.47 Å². The standard InChI is InChI=1S/C26H50O5/c1-2-3-4-5-6-7-8-9-10-11-12-13-14-15-16-17-18-19-20-30-26-23(28)22-31-24(21-27)25(26)29/h16-17,23-29H,2-15,18-22H2,1H3/b17-16+/t23-,24+,25+,26+/m1/s1. The van der Waals surface area contributed by atoms with Crippen LogP contribution in [0, 0.1) is 0 Å². The molecular weight excluding hydrogens is 392 g/mol. The maximum Gasteiger partial charge on any atom is 0.114 e. The van der Waals surface area contributed by atoms with E-state index in [1.165, 1.54) is 83.5 Å². The topological polar surface area (TPSA) is 79.2 Å². The number of allylic oxidation sites excluding steroid dienone is 2. The number of hydrogen-bond donors (Lipinski definition) is 3. The van der Waals surface area contributed by atoms with Crippen molar-refractivity contribution in [1.29, 1.82) is 0 Å². The van der Waals surface area contributed by atoms with E-state index < -0.39 is 24.4 Å². The van der Waals surface area contributed by atoms with Crippen LogP contribution in [-0.4, -0.2) is 59.6 Å². The summed E-state index contributed by atoms with van der Waals surface area (Å²) in [5, 5.41) is 29.1. The molecule has 1 rings (SSSR count). The summed E-state index contributed by atoms with van der Waals surface area (Å²) >= 11 is 0. The first-order chi connectivity index (χ1) is 15.2. The molecule has 184 valence electrons. The lowest BCUT2D eigenvalue weighted by Gasteiger charge is -2.37. The van der Waals surface area contributed by atoms with Crippen LogP contribution in [0.1, 0.15) is 110 Å². The smallest absolute Gasteiger partial charge is 0.114 e. The Morgan fingerprint density at radius 2 is 1.29 bits per heavy atom. The molecule has 0 aliphatic carbocycles. The van der Waals surface area contributed by atoms with Gasteiger partial charge in [-0.15, -0.1) is 0 Å². The molecule has 1 aliphatic heterocycles. The zero-order valence-corrected chi connectivity index (χ0v) is 20.1. The summed E-state index contributed by atoms with van der Waals surface area (Å²) in [5.41, 5.74) is 0. The third-order valence-corrected chi connectivity index (χ3v) is 6.22. The molecule has 5 nitrogen and oxygen atoms in total. The maximum atomic E-state index is 10.1. The summed E-state index contributed by atoms with van der Waals surface area (Å²) in [4.78, 5) is 0. The Balaban J connectivity index is 1.84. The van der Waals surface area contributed by atoms with Crippen molar-refractivity contribution in [2.75, 3.05) is 19.8 Å². The molecule has 0 unspecified atom stereocenters. The molecule has 4 atom stereocenters. The fraction of sp³-hybridized carbons (Fsp3) is 0.923. The van der Waals surface area contributed by atoms with Crippen LogP contribution < -0.4 is 0 Å². The monoisotopic (exact) mass is 442 g/mol. The molecule has 5 heteroatoms. The van der Waals surface area contributed by atoms with E-state index in [0.717, 1.165) is 19.3 Å². The molecule has 0 amide bonds. The maximum absolute atomic E-state index is 10.1. The lowest BCUT2D eigenvalue weighted by molar-refractivity contribution is -0.210. The Morgan fingerprint density at radius 1 is 0.774 bits per heavy atom. The van der Waals surface area contributed by atoms with Crippen molar-refractivity contribution in [2.24, 2.45) is 0 Å². The van der Waals surface area contributed by atoms with Gasteiger partial charge in [0.2, 0.25) is 0 Å². The molecular formula is C26H50O5. The van der Waals surface area contributed by atoms with Crippen LogP contribution in [0.4, 0.5) is 0 Å². The van der Waals surface area contributed by atoms with E-state index in [4.69, 9.17) is 14.6 Å². The van der Waals surface area contributed by atoms with Crippen LogP contribution in [0.2, 0.25) is 0 Å². The Morgan fingerprint density at radius 3 is 1.84 bits per heavy atom. The summed E-state index contributed by atoms with van der Waals surface area (Å²) in [7, 11) is 0. The van der Waals surface area contributed by atoms with Crippen LogP contribution >= 0.6 is 0 Å². The van der Waals surface area contributed by atoms with E-state index in [9.17, 15) is 10.2 Å². The average molecular weight is 443 g/mol. The molecule has 1 fully saturated rings. The number of ether oxygens (including phenoxy) is 2. The molecule has 31 heavy (non-hydrogen) atoms. The van der Waals surface area contributed by atoms with Gasteiger partial charge in [0.1, 0.15) is 24.4 Å². The van der Waals surface area contributed by atoms with E-state index in [1.54, 1.807) is 0 Å². The number of aliphatic hydroxyl groups excluding tert-OH is 3. The third kappa shape index (κ3) is 14.3. The lowest BCUT2D eigenvalue weighted by Crippen LogP contribution is -2.55. The average Bonchev–Trinajstić information content (AvgIpc) is 2.77. The SMILES string of the molecule is CCCCCCCCCCCCCCC/C=C/CCCO[C@@H]1[C@@H](O)[C@H](CO)OC[C@H]1O. The number of rotatable bonds is 20. The van der Waals surface area contributed by atoms with Crippen molar-refractivity contribution >= 4 is 0 Å². The van der Waals surface area contributed by atoms with E-state index >= 15 is 0 Å². The zero-order valence-electron chi connectivity index (χ0n) is 20.1. The molecule has 0 aromatic rings. The van der Waals surface area contributed by atoms with Gasteiger partial charge >= 0.3 is 0 Å². The lowest BCUT2D eigenvalue weighted by atomic mass is 10.0. The van der Waals surface area contributed by atoms with Gasteiger partial charge in [-0.1, -0.05) is 96.1 Å². The fourth-order valence-corrected chi connectivity index (χ4v) is 4.16. The summed E-state index contributed by atoms with van der Waals surface area (Å²) < 4.78 is 10.8. The third-order valence-electron chi connectivity index (χ3n) is 6.22. The molecule has 0 bridgehead atoms. The Labute approximate surface area is 191 Å². The largest absolute Gasteiger partial charge is 0.394 e. The first-order valence-corrected chi connectivity index (χ1v) is 13.1. The van der Waals surface area contributed by atoms with E-state index in [1.807, 2.05) is 0 Å². The van der Waals surface area contributed by atoms with E-state index in [-0.39, 0.29) is 13.2 Å².